The minimum Gasteiger partial charge on any atom is -0.388 e. The van der Waals surface area contributed by atoms with Crippen LogP contribution in [0.2, 0.25) is 0 Å². The first-order chi connectivity index (χ1) is 10.2. The molecule has 0 spiro atoms. The molecule has 0 aromatic carbocycles. The van der Waals surface area contributed by atoms with Crippen molar-refractivity contribution in [1.82, 2.24) is 0 Å². The van der Waals surface area contributed by atoms with Crippen molar-refractivity contribution in [2.24, 2.45) is 0 Å². The second-order valence-electron chi connectivity index (χ2n) is 6.20. The largest absolute Gasteiger partial charge is 0.388 e. The normalized spacial score (nSPS) is 36.4. The summed E-state index contributed by atoms with van der Waals surface area (Å²) in [5.74, 6) is 0. The standard InChI is InChI=1S/C16H30O5/c1-2-3-4-5-6-7-8-9-14-19-11-13(21-14)16-15(18)12(17)10-20-16/h12-18H,2-11H2,1H3/t12-,13?,14?,15?,16?/m1/s1. The number of hydrogen-bond donors (Lipinski definition) is 2. The van der Waals surface area contributed by atoms with Crippen LogP contribution in [-0.4, -0.2) is 54.1 Å². The number of unbranched alkanes of at least 4 members (excludes halogenated alkanes) is 6. The highest BCUT2D eigenvalue weighted by Crippen LogP contribution is 2.26. The summed E-state index contributed by atoms with van der Waals surface area (Å²) in [6.45, 7) is 2.85. The van der Waals surface area contributed by atoms with Gasteiger partial charge in [0.15, 0.2) is 6.29 Å². The van der Waals surface area contributed by atoms with Gasteiger partial charge in [-0.1, -0.05) is 45.4 Å². The fourth-order valence-electron chi connectivity index (χ4n) is 3.02. The van der Waals surface area contributed by atoms with Gasteiger partial charge in [-0.3, -0.25) is 0 Å². The van der Waals surface area contributed by atoms with E-state index in [1.165, 1.54) is 38.5 Å². The van der Waals surface area contributed by atoms with Crippen molar-refractivity contribution in [3.63, 3.8) is 0 Å². The van der Waals surface area contributed by atoms with Gasteiger partial charge >= 0.3 is 0 Å². The third-order valence-corrected chi connectivity index (χ3v) is 4.37. The molecule has 4 unspecified atom stereocenters. The molecule has 2 fully saturated rings. The molecule has 0 aromatic rings. The molecule has 2 saturated heterocycles. The van der Waals surface area contributed by atoms with E-state index in [4.69, 9.17) is 14.2 Å². The van der Waals surface area contributed by atoms with Crippen molar-refractivity contribution in [1.29, 1.82) is 0 Å². The Hall–Kier alpha value is -0.200. The SMILES string of the molecule is CCCCCCCCCC1OCC(C2OC[C@@H](O)C2O)O1. The minimum absolute atomic E-state index is 0.175. The van der Waals surface area contributed by atoms with E-state index in [2.05, 4.69) is 6.92 Å². The van der Waals surface area contributed by atoms with Crippen LogP contribution in [0.4, 0.5) is 0 Å². The van der Waals surface area contributed by atoms with Crippen molar-refractivity contribution in [2.45, 2.75) is 89.0 Å². The molecular weight excluding hydrogens is 272 g/mol. The van der Waals surface area contributed by atoms with Gasteiger partial charge in [0.2, 0.25) is 0 Å². The Morgan fingerprint density at radius 3 is 2.29 bits per heavy atom. The molecule has 2 aliphatic rings. The summed E-state index contributed by atoms with van der Waals surface area (Å²) in [7, 11) is 0. The van der Waals surface area contributed by atoms with Gasteiger partial charge in [0, 0.05) is 0 Å². The molecule has 0 amide bonds. The summed E-state index contributed by atoms with van der Waals surface area (Å²) in [5.41, 5.74) is 0. The molecule has 2 rings (SSSR count). The van der Waals surface area contributed by atoms with E-state index in [1.807, 2.05) is 0 Å². The van der Waals surface area contributed by atoms with Crippen molar-refractivity contribution in [2.75, 3.05) is 13.2 Å². The monoisotopic (exact) mass is 302 g/mol. The highest BCUT2D eigenvalue weighted by Gasteiger charge is 2.43. The van der Waals surface area contributed by atoms with Crippen molar-refractivity contribution >= 4 is 0 Å². The van der Waals surface area contributed by atoms with Crippen LogP contribution >= 0.6 is 0 Å². The number of aliphatic hydroxyl groups excluding tert-OH is 2. The maximum atomic E-state index is 9.81. The Bertz CT molecular complexity index is 286. The molecular formula is C16H30O5. The van der Waals surface area contributed by atoms with Crippen molar-refractivity contribution in [3.8, 4) is 0 Å². The minimum atomic E-state index is -0.865. The molecule has 0 aliphatic carbocycles. The zero-order valence-electron chi connectivity index (χ0n) is 13.1. The van der Waals surface area contributed by atoms with Gasteiger partial charge in [0.1, 0.15) is 24.4 Å². The molecule has 2 N–H and O–H groups in total. The Balaban J connectivity index is 1.54. The lowest BCUT2D eigenvalue weighted by Crippen LogP contribution is -2.39. The number of aliphatic hydroxyl groups is 2. The van der Waals surface area contributed by atoms with Crippen LogP contribution in [0.1, 0.15) is 58.3 Å². The topological polar surface area (TPSA) is 68.2 Å². The first-order valence-corrected chi connectivity index (χ1v) is 8.47. The smallest absolute Gasteiger partial charge is 0.158 e. The number of ether oxygens (including phenoxy) is 3. The van der Waals surface area contributed by atoms with Gasteiger partial charge in [0.25, 0.3) is 0 Å². The Morgan fingerprint density at radius 2 is 1.62 bits per heavy atom. The summed E-state index contributed by atoms with van der Waals surface area (Å²) in [6.07, 6.45) is 7.24. The average Bonchev–Trinajstić information content (AvgIpc) is 3.06. The second kappa shape index (κ2) is 9.06. The first kappa shape index (κ1) is 17.2. The van der Waals surface area contributed by atoms with E-state index in [-0.39, 0.29) is 19.0 Å². The van der Waals surface area contributed by atoms with Crippen molar-refractivity contribution < 1.29 is 24.4 Å². The molecule has 5 nitrogen and oxygen atoms in total. The highest BCUT2D eigenvalue weighted by molar-refractivity contribution is 4.90. The molecule has 5 heteroatoms. The highest BCUT2D eigenvalue weighted by atomic mass is 16.7. The van der Waals surface area contributed by atoms with Crippen LogP contribution in [0.25, 0.3) is 0 Å². The Labute approximate surface area is 127 Å². The second-order valence-corrected chi connectivity index (χ2v) is 6.20. The van der Waals surface area contributed by atoms with Crippen LogP contribution in [0.3, 0.4) is 0 Å². The van der Waals surface area contributed by atoms with E-state index in [9.17, 15) is 10.2 Å². The van der Waals surface area contributed by atoms with Crippen LogP contribution < -0.4 is 0 Å². The van der Waals surface area contributed by atoms with E-state index in [0.717, 1.165) is 12.8 Å². The maximum absolute atomic E-state index is 9.81. The molecule has 124 valence electrons. The molecule has 2 heterocycles. The van der Waals surface area contributed by atoms with Crippen LogP contribution in [0.15, 0.2) is 0 Å². The molecule has 5 atom stereocenters. The summed E-state index contributed by atoms with van der Waals surface area (Å²) < 4.78 is 16.8. The quantitative estimate of drug-likeness (QED) is 0.638. The zero-order valence-corrected chi connectivity index (χ0v) is 13.1. The van der Waals surface area contributed by atoms with Crippen LogP contribution in [0, 0.1) is 0 Å². The van der Waals surface area contributed by atoms with Crippen LogP contribution in [0.5, 0.6) is 0 Å². The summed E-state index contributed by atoms with van der Waals surface area (Å²) in [4.78, 5) is 0. The molecule has 0 saturated carbocycles. The fraction of sp³-hybridized carbons (Fsp3) is 1.00. The van der Waals surface area contributed by atoms with Crippen molar-refractivity contribution in [3.05, 3.63) is 0 Å². The predicted octanol–water partition coefficient (Wildman–Crippen LogP) is 1.99. The maximum Gasteiger partial charge on any atom is 0.158 e. The van der Waals surface area contributed by atoms with E-state index in [0.29, 0.717) is 6.61 Å². The van der Waals surface area contributed by atoms with E-state index >= 15 is 0 Å². The van der Waals surface area contributed by atoms with Gasteiger partial charge < -0.3 is 24.4 Å². The molecule has 0 bridgehead atoms. The third-order valence-electron chi connectivity index (χ3n) is 4.37. The van der Waals surface area contributed by atoms with Crippen LogP contribution in [-0.2, 0) is 14.2 Å². The molecule has 21 heavy (non-hydrogen) atoms. The first-order valence-electron chi connectivity index (χ1n) is 8.47. The Kier molecular flexibility index (Phi) is 7.40. The van der Waals surface area contributed by atoms with Gasteiger partial charge in [-0.05, 0) is 12.8 Å². The molecule has 2 aliphatic heterocycles. The zero-order chi connectivity index (χ0) is 15.1. The summed E-state index contributed by atoms with van der Waals surface area (Å²) >= 11 is 0. The van der Waals surface area contributed by atoms with Gasteiger partial charge in [0.05, 0.1) is 13.2 Å². The van der Waals surface area contributed by atoms with Gasteiger partial charge in [-0.15, -0.1) is 0 Å². The summed E-state index contributed by atoms with van der Waals surface area (Å²) in [5, 5.41) is 19.3. The average molecular weight is 302 g/mol. The van der Waals surface area contributed by atoms with E-state index in [1.54, 1.807) is 0 Å². The third kappa shape index (κ3) is 5.18. The lowest BCUT2D eigenvalue weighted by molar-refractivity contribution is -0.103. The number of hydrogen-bond acceptors (Lipinski definition) is 5. The fourth-order valence-corrected chi connectivity index (χ4v) is 3.02. The summed E-state index contributed by atoms with van der Waals surface area (Å²) in [6, 6.07) is 0. The van der Waals surface area contributed by atoms with Gasteiger partial charge in [-0.25, -0.2) is 0 Å². The molecule has 0 radical (unpaired) electrons. The Morgan fingerprint density at radius 1 is 0.905 bits per heavy atom. The lowest BCUT2D eigenvalue weighted by Gasteiger charge is -2.20. The lowest BCUT2D eigenvalue weighted by atomic mass is 10.1. The van der Waals surface area contributed by atoms with E-state index < -0.39 is 18.3 Å². The molecule has 0 aromatic heterocycles. The number of rotatable bonds is 9. The predicted molar refractivity (Wildman–Crippen MR) is 79.0 cm³/mol. The van der Waals surface area contributed by atoms with Gasteiger partial charge in [-0.2, -0.15) is 0 Å².